The summed E-state index contributed by atoms with van der Waals surface area (Å²) in [6.07, 6.45) is 1.35. The molecule has 0 saturated carbocycles. The first-order chi connectivity index (χ1) is 9.79. The Hall–Kier alpha value is -2.00. The number of aryl methyl sites for hydroxylation is 1. The summed E-state index contributed by atoms with van der Waals surface area (Å²) in [6, 6.07) is 13.5. The largest absolute Gasteiger partial charge is 0.497 e. The van der Waals surface area contributed by atoms with Gasteiger partial charge in [0.25, 0.3) is 0 Å². The van der Waals surface area contributed by atoms with Gasteiger partial charge in [-0.05, 0) is 36.1 Å². The maximum absolute atomic E-state index is 10.6. The Bertz CT molecular complexity index is 607. The molecular weight excluding hydrogens is 252 g/mol. The molecule has 0 saturated heterocycles. The Labute approximate surface area is 118 Å². The zero-order chi connectivity index (χ0) is 13.9. The molecule has 0 fully saturated rings. The molecule has 0 radical (unpaired) electrons. The minimum absolute atomic E-state index is 0.696. The molecule has 1 aliphatic heterocycles. The van der Waals surface area contributed by atoms with Gasteiger partial charge < -0.3 is 14.6 Å². The van der Waals surface area contributed by atoms with Gasteiger partial charge in [-0.1, -0.05) is 30.3 Å². The minimum Gasteiger partial charge on any atom is -0.497 e. The van der Waals surface area contributed by atoms with E-state index in [0.29, 0.717) is 0 Å². The molecular formula is C17H18O3. The quantitative estimate of drug-likeness (QED) is 0.931. The number of benzene rings is 2. The van der Waals surface area contributed by atoms with Crippen LogP contribution in [0.15, 0.2) is 42.5 Å². The smallest absolute Gasteiger partial charge is 0.128 e. The third-order valence-corrected chi connectivity index (χ3v) is 3.67. The molecule has 0 aliphatic carbocycles. The molecule has 2 aromatic carbocycles. The molecule has 3 nitrogen and oxygen atoms in total. The van der Waals surface area contributed by atoms with Crippen LogP contribution < -0.4 is 9.47 Å². The zero-order valence-corrected chi connectivity index (χ0v) is 11.5. The first-order valence-corrected chi connectivity index (χ1v) is 6.86. The fourth-order valence-corrected chi connectivity index (χ4v) is 2.62. The summed E-state index contributed by atoms with van der Waals surface area (Å²) in [5, 5.41) is 10.6. The number of hydrogen-bond acceptors (Lipinski definition) is 3. The molecule has 1 aliphatic rings. The van der Waals surface area contributed by atoms with Crippen LogP contribution in [0.1, 0.15) is 29.2 Å². The maximum atomic E-state index is 10.6. The third-order valence-electron chi connectivity index (χ3n) is 3.67. The zero-order valence-electron chi connectivity index (χ0n) is 11.5. The van der Waals surface area contributed by atoms with E-state index < -0.39 is 6.10 Å². The van der Waals surface area contributed by atoms with Gasteiger partial charge in [-0.15, -0.1) is 0 Å². The van der Waals surface area contributed by atoms with Crippen molar-refractivity contribution < 1.29 is 14.6 Å². The molecule has 1 N–H and O–H groups in total. The molecule has 0 spiro atoms. The number of para-hydroxylation sites is 1. The normalized spacial score (nSPS) is 15.1. The van der Waals surface area contributed by atoms with Gasteiger partial charge in [0.15, 0.2) is 0 Å². The molecule has 3 rings (SSSR count). The molecule has 0 amide bonds. The Morgan fingerprint density at radius 2 is 2.05 bits per heavy atom. The molecule has 104 valence electrons. The number of aliphatic hydroxyl groups excluding tert-OH is 1. The highest BCUT2D eigenvalue weighted by atomic mass is 16.5. The van der Waals surface area contributed by atoms with Crippen molar-refractivity contribution in [2.75, 3.05) is 13.7 Å². The lowest BCUT2D eigenvalue weighted by Crippen LogP contribution is -2.12. The molecule has 3 heteroatoms. The van der Waals surface area contributed by atoms with E-state index in [1.54, 1.807) is 7.11 Å². The molecule has 2 aromatic rings. The van der Waals surface area contributed by atoms with Crippen molar-refractivity contribution in [1.29, 1.82) is 0 Å². The van der Waals surface area contributed by atoms with Crippen LogP contribution in [0.2, 0.25) is 0 Å². The van der Waals surface area contributed by atoms with Crippen LogP contribution in [-0.4, -0.2) is 18.8 Å². The summed E-state index contributed by atoms with van der Waals surface area (Å²) in [6.45, 7) is 0.717. The average Bonchev–Trinajstić information content (AvgIpc) is 2.53. The van der Waals surface area contributed by atoms with Gasteiger partial charge in [0.2, 0.25) is 0 Å². The predicted molar refractivity (Wildman–Crippen MR) is 77.3 cm³/mol. The molecule has 20 heavy (non-hydrogen) atoms. The number of rotatable bonds is 3. The predicted octanol–water partition coefficient (Wildman–Crippen LogP) is 3.10. The van der Waals surface area contributed by atoms with E-state index in [1.807, 2.05) is 36.4 Å². The van der Waals surface area contributed by atoms with Crippen LogP contribution in [0.5, 0.6) is 11.5 Å². The second-order valence-corrected chi connectivity index (χ2v) is 4.97. The van der Waals surface area contributed by atoms with Crippen LogP contribution in [0.4, 0.5) is 0 Å². The van der Waals surface area contributed by atoms with Crippen molar-refractivity contribution in [3.05, 3.63) is 59.2 Å². The number of methoxy groups -OCH3 is 1. The molecule has 1 heterocycles. The SMILES string of the molecule is COc1cccc(C(O)c2cccc3c2OCCC3)c1. The monoisotopic (exact) mass is 270 g/mol. The van der Waals surface area contributed by atoms with Crippen LogP contribution in [0.25, 0.3) is 0 Å². The highest BCUT2D eigenvalue weighted by Gasteiger charge is 2.20. The van der Waals surface area contributed by atoms with Gasteiger partial charge >= 0.3 is 0 Å². The first-order valence-electron chi connectivity index (χ1n) is 6.86. The number of fused-ring (bicyclic) bond motifs is 1. The number of aliphatic hydroxyl groups is 1. The fraction of sp³-hybridized carbons (Fsp3) is 0.294. The lowest BCUT2D eigenvalue weighted by molar-refractivity contribution is 0.206. The van der Waals surface area contributed by atoms with Crippen LogP contribution >= 0.6 is 0 Å². The van der Waals surface area contributed by atoms with Gasteiger partial charge in [0.1, 0.15) is 17.6 Å². The van der Waals surface area contributed by atoms with Crippen molar-refractivity contribution >= 4 is 0 Å². The second-order valence-electron chi connectivity index (χ2n) is 4.97. The van der Waals surface area contributed by atoms with E-state index in [1.165, 1.54) is 5.56 Å². The third kappa shape index (κ3) is 2.37. The van der Waals surface area contributed by atoms with Crippen molar-refractivity contribution in [1.82, 2.24) is 0 Å². The molecule has 1 unspecified atom stereocenters. The lowest BCUT2D eigenvalue weighted by Gasteiger charge is -2.23. The molecule has 0 bridgehead atoms. The van der Waals surface area contributed by atoms with Crippen molar-refractivity contribution in [3.8, 4) is 11.5 Å². The summed E-state index contributed by atoms with van der Waals surface area (Å²) >= 11 is 0. The highest BCUT2D eigenvalue weighted by Crippen LogP contribution is 2.36. The number of ether oxygens (including phenoxy) is 2. The van der Waals surface area contributed by atoms with Crippen LogP contribution in [-0.2, 0) is 6.42 Å². The summed E-state index contributed by atoms with van der Waals surface area (Å²) in [5.74, 6) is 1.58. The molecule has 0 aromatic heterocycles. The Balaban J connectivity index is 1.99. The summed E-state index contributed by atoms with van der Waals surface area (Å²) < 4.78 is 11.0. The maximum Gasteiger partial charge on any atom is 0.128 e. The van der Waals surface area contributed by atoms with E-state index in [9.17, 15) is 5.11 Å². The van der Waals surface area contributed by atoms with Gasteiger partial charge in [0, 0.05) is 5.56 Å². The van der Waals surface area contributed by atoms with E-state index in [4.69, 9.17) is 9.47 Å². The second kappa shape index (κ2) is 5.55. The summed E-state index contributed by atoms with van der Waals surface area (Å²) in [4.78, 5) is 0. The Morgan fingerprint density at radius 3 is 2.90 bits per heavy atom. The minimum atomic E-state index is -0.696. The highest BCUT2D eigenvalue weighted by molar-refractivity contribution is 5.47. The lowest BCUT2D eigenvalue weighted by atomic mass is 9.95. The average molecular weight is 270 g/mol. The molecule has 1 atom stereocenters. The van der Waals surface area contributed by atoms with E-state index >= 15 is 0 Å². The van der Waals surface area contributed by atoms with Crippen molar-refractivity contribution in [2.45, 2.75) is 18.9 Å². The summed E-state index contributed by atoms with van der Waals surface area (Å²) in [5.41, 5.74) is 2.82. The topological polar surface area (TPSA) is 38.7 Å². The van der Waals surface area contributed by atoms with Crippen molar-refractivity contribution in [2.24, 2.45) is 0 Å². The van der Waals surface area contributed by atoms with Crippen LogP contribution in [0.3, 0.4) is 0 Å². The van der Waals surface area contributed by atoms with Crippen molar-refractivity contribution in [3.63, 3.8) is 0 Å². The number of hydrogen-bond donors (Lipinski definition) is 1. The van der Waals surface area contributed by atoms with Gasteiger partial charge in [0.05, 0.1) is 13.7 Å². The van der Waals surface area contributed by atoms with E-state index in [-0.39, 0.29) is 0 Å². The fourth-order valence-electron chi connectivity index (χ4n) is 2.62. The van der Waals surface area contributed by atoms with Gasteiger partial charge in [-0.2, -0.15) is 0 Å². The van der Waals surface area contributed by atoms with E-state index in [2.05, 4.69) is 6.07 Å². The van der Waals surface area contributed by atoms with E-state index in [0.717, 1.165) is 42.1 Å². The first kappa shape index (κ1) is 13.0. The van der Waals surface area contributed by atoms with Crippen LogP contribution in [0, 0.1) is 0 Å². The van der Waals surface area contributed by atoms with Gasteiger partial charge in [-0.3, -0.25) is 0 Å². The summed E-state index contributed by atoms with van der Waals surface area (Å²) in [7, 11) is 1.62. The Morgan fingerprint density at radius 1 is 1.20 bits per heavy atom. The standard InChI is InChI=1S/C17H18O3/c1-19-14-8-2-6-13(11-14)16(18)15-9-3-5-12-7-4-10-20-17(12)15/h2-3,5-6,8-9,11,16,18H,4,7,10H2,1H3. The van der Waals surface area contributed by atoms with Gasteiger partial charge in [-0.25, -0.2) is 0 Å². The Kier molecular flexibility index (Phi) is 3.61.